The number of anilines is 1. The minimum Gasteiger partial charge on any atom is -0.480 e. The second-order valence-electron chi connectivity index (χ2n) is 5.45. The maximum Gasteiger partial charge on any atom is 0.317 e. The number of hydrogen-bond acceptors (Lipinski definition) is 5. The molecule has 3 heterocycles. The van der Waals surface area contributed by atoms with Crippen molar-refractivity contribution in [2.24, 2.45) is 0 Å². The van der Waals surface area contributed by atoms with E-state index in [0.29, 0.717) is 6.04 Å². The van der Waals surface area contributed by atoms with Crippen LogP contribution in [0.5, 0.6) is 0 Å². The van der Waals surface area contributed by atoms with Crippen molar-refractivity contribution in [1.29, 1.82) is 0 Å². The van der Waals surface area contributed by atoms with Crippen molar-refractivity contribution in [2.45, 2.75) is 6.04 Å². The Balaban J connectivity index is 1.45. The van der Waals surface area contributed by atoms with E-state index in [4.69, 9.17) is 5.11 Å². The van der Waals surface area contributed by atoms with E-state index in [9.17, 15) is 4.79 Å². The molecule has 0 saturated carbocycles. The Hall–Kier alpha value is -1.66. The van der Waals surface area contributed by atoms with Crippen molar-refractivity contribution >= 4 is 11.8 Å². The standard InChI is InChI=1S/C14H20N4O2/c19-14(20)11-16-9-12(10-16)17-5-7-18(8-6-17)13-3-1-2-4-15-13/h1-4,12H,5-11H2,(H,19,20). The fraction of sp³-hybridized carbons (Fsp3) is 0.571. The van der Waals surface area contributed by atoms with Crippen LogP contribution in [-0.2, 0) is 4.79 Å². The Morgan fingerprint density at radius 3 is 2.60 bits per heavy atom. The molecule has 6 heteroatoms. The maximum atomic E-state index is 10.6. The van der Waals surface area contributed by atoms with E-state index in [1.165, 1.54) is 0 Å². The third kappa shape index (κ3) is 2.91. The summed E-state index contributed by atoms with van der Waals surface area (Å²) in [5, 5.41) is 8.74. The van der Waals surface area contributed by atoms with Crippen LogP contribution in [0, 0.1) is 0 Å². The molecule has 0 radical (unpaired) electrons. The molecule has 0 aliphatic carbocycles. The van der Waals surface area contributed by atoms with Crippen LogP contribution in [0.3, 0.4) is 0 Å². The summed E-state index contributed by atoms with van der Waals surface area (Å²) in [6.07, 6.45) is 1.83. The highest BCUT2D eigenvalue weighted by Crippen LogP contribution is 2.18. The lowest BCUT2D eigenvalue weighted by Crippen LogP contribution is -2.63. The molecule has 1 aromatic heterocycles. The lowest BCUT2D eigenvalue weighted by atomic mass is 10.1. The Kier molecular flexibility index (Phi) is 3.84. The van der Waals surface area contributed by atoms with Crippen molar-refractivity contribution < 1.29 is 9.90 Å². The SMILES string of the molecule is O=C(O)CN1CC(N2CCN(c3ccccn3)CC2)C1. The van der Waals surface area contributed by atoms with Gasteiger partial charge in [-0.25, -0.2) is 4.98 Å². The van der Waals surface area contributed by atoms with Gasteiger partial charge in [0.1, 0.15) is 5.82 Å². The number of likely N-dealkylation sites (tertiary alicyclic amines) is 1. The highest BCUT2D eigenvalue weighted by atomic mass is 16.4. The summed E-state index contributed by atoms with van der Waals surface area (Å²) in [7, 11) is 0. The molecule has 0 atom stereocenters. The molecular formula is C14H20N4O2. The Labute approximate surface area is 118 Å². The summed E-state index contributed by atoms with van der Waals surface area (Å²) in [5.74, 6) is 0.316. The third-order valence-corrected chi connectivity index (χ3v) is 4.10. The van der Waals surface area contributed by atoms with Crippen LogP contribution in [0.25, 0.3) is 0 Å². The van der Waals surface area contributed by atoms with Gasteiger partial charge in [0, 0.05) is 51.5 Å². The predicted molar refractivity (Wildman–Crippen MR) is 75.9 cm³/mol. The molecule has 0 unspecified atom stereocenters. The molecule has 2 fully saturated rings. The number of aromatic nitrogens is 1. The van der Waals surface area contributed by atoms with E-state index in [2.05, 4.69) is 14.8 Å². The number of carboxylic acid groups (broad SMARTS) is 1. The zero-order chi connectivity index (χ0) is 13.9. The summed E-state index contributed by atoms with van der Waals surface area (Å²) in [4.78, 5) is 21.8. The van der Waals surface area contributed by atoms with Crippen LogP contribution in [0.15, 0.2) is 24.4 Å². The number of carboxylic acids is 1. The first-order valence-electron chi connectivity index (χ1n) is 7.06. The van der Waals surface area contributed by atoms with Gasteiger partial charge < -0.3 is 10.0 Å². The Morgan fingerprint density at radius 1 is 1.25 bits per heavy atom. The number of piperazine rings is 1. The van der Waals surface area contributed by atoms with Gasteiger partial charge in [-0.3, -0.25) is 14.6 Å². The van der Waals surface area contributed by atoms with Crippen LogP contribution in [-0.4, -0.2) is 77.7 Å². The van der Waals surface area contributed by atoms with Gasteiger partial charge in [0.2, 0.25) is 0 Å². The van der Waals surface area contributed by atoms with Crippen LogP contribution >= 0.6 is 0 Å². The van der Waals surface area contributed by atoms with Crippen molar-refractivity contribution in [3.63, 3.8) is 0 Å². The molecule has 1 aromatic rings. The molecule has 20 heavy (non-hydrogen) atoms. The number of rotatable bonds is 4. The number of carbonyl (C=O) groups is 1. The van der Waals surface area contributed by atoms with E-state index in [1.807, 2.05) is 29.3 Å². The van der Waals surface area contributed by atoms with Crippen LogP contribution in [0.2, 0.25) is 0 Å². The molecule has 1 N–H and O–H groups in total. The molecule has 0 bridgehead atoms. The zero-order valence-electron chi connectivity index (χ0n) is 11.5. The van der Waals surface area contributed by atoms with Crippen LogP contribution in [0.4, 0.5) is 5.82 Å². The minimum absolute atomic E-state index is 0.171. The smallest absolute Gasteiger partial charge is 0.317 e. The van der Waals surface area contributed by atoms with Crippen molar-refractivity contribution in [1.82, 2.24) is 14.8 Å². The molecule has 0 spiro atoms. The normalized spacial score (nSPS) is 21.7. The van der Waals surface area contributed by atoms with Crippen molar-refractivity contribution in [2.75, 3.05) is 50.7 Å². The van der Waals surface area contributed by atoms with E-state index in [0.717, 1.165) is 45.1 Å². The highest BCUT2D eigenvalue weighted by Gasteiger charge is 2.34. The molecule has 2 aliphatic rings. The summed E-state index contributed by atoms with van der Waals surface area (Å²) >= 11 is 0. The van der Waals surface area contributed by atoms with Crippen LogP contribution in [0.1, 0.15) is 0 Å². The second kappa shape index (κ2) is 5.76. The average Bonchev–Trinajstić information content (AvgIpc) is 2.43. The largest absolute Gasteiger partial charge is 0.480 e. The van der Waals surface area contributed by atoms with Crippen LogP contribution < -0.4 is 4.90 Å². The van der Waals surface area contributed by atoms with Gasteiger partial charge in [-0.1, -0.05) is 6.07 Å². The molecule has 2 saturated heterocycles. The first-order chi connectivity index (χ1) is 9.72. The van der Waals surface area contributed by atoms with Crippen molar-refractivity contribution in [3.05, 3.63) is 24.4 Å². The lowest BCUT2D eigenvalue weighted by Gasteiger charge is -2.47. The van der Waals surface area contributed by atoms with E-state index in [1.54, 1.807) is 0 Å². The molecule has 2 aliphatic heterocycles. The Morgan fingerprint density at radius 2 is 2.00 bits per heavy atom. The molecule has 0 aromatic carbocycles. The molecular weight excluding hydrogens is 256 g/mol. The first-order valence-corrected chi connectivity index (χ1v) is 7.06. The van der Waals surface area contributed by atoms with Gasteiger partial charge in [0.25, 0.3) is 0 Å². The molecule has 3 rings (SSSR count). The molecule has 0 amide bonds. The topological polar surface area (TPSA) is 59.9 Å². The fourth-order valence-corrected chi connectivity index (χ4v) is 2.95. The van der Waals surface area contributed by atoms with E-state index in [-0.39, 0.29) is 6.54 Å². The maximum absolute atomic E-state index is 10.6. The van der Waals surface area contributed by atoms with Gasteiger partial charge in [0.05, 0.1) is 6.54 Å². The van der Waals surface area contributed by atoms with E-state index < -0.39 is 5.97 Å². The monoisotopic (exact) mass is 276 g/mol. The zero-order valence-corrected chi connectivity index (χ0v) is 11.5. The molecule has 108 valence electrons. The van der Waals surface area contributed by atoms with Gasteiger partial charge in [-0.05, 0) is 12.1 Å². The third-order valence-electron chi connectivity index (χ3n) is 4.10. The van der Waals surface area contributed by atoms with Gasteiger partial charge >= 0.3 is 5.97 Å². The number of aliphatic carboxylic acids is 1. The quantitative estimate of drug-likeness (QED) is 0.833. The summed E-state index contributed by atoms with van der Waals surface area (Å²) in [6.45, 7) is 5.99. The summed E-state index contributed by atoms with van der Waals surface area (Å²) in [6, 6.07) is 6.53. The van der Waals surface area contributed by atoms with Gasteiger partial charge in [-0.15, -0.1) is 0 Å². The lowest BCUT2D eigenvalue weighted by molar-refractivity contribution is -0.140. The Bertz CT molecular complexity index is 454. The average molecular weight is 276 g/mol. The summed E-state index contributed by atoms with van der Waals surface area (Å²) in [5.41, 5.74) is 0. The number of hydrogen-bond donors (Lipinski definition) is 1. The minimum atomic E-state index is -0.733. The van der Waals surface area contributed by atoms with Gasteiger partial charge in [0.15, 0.2) is 0 Å². The number of pyridine rings is 1. The predicted octanol–water partition coefficient (Wildman–Crippen LogP) is -0.0276. The second-order valence-corrected chi connectivity index (χ2v) is 5.45. The summed E-state index contributed by atoms with van der Waals surface area (Å²) < 4.78 is 0. The number of nitrogens with zero attached hydrogens (tertiary/aromatic N) is 4. The first kappa shape index (κ1) is 13.3. The van der Waals surface area contributed by atoms with Gasteiger partial charge in [-0.2, -0.15) is 0 Å². The van der Waals surface area contributed by atoms with Crippen molar-refractivity contribution in [3.8, 4) is 0 Å². The fourth-order valence-electron chi connectivity index (χ4n) is 2.95. The van der Waals surface area contributed by atoms with E-state index >= 15 is 0 Å². The molecule has 6 nitrogen and oxygen atoms in total. The highest BCUT2D eigenvalue weighted by molar-refractivity contribution is 5.69.